The lowest BCUT2D eigenvalue weighted by Crippen LogP contribution is -2.53. The van der Waals surface area contributed by atoms with Crippen molar-refractivity contribution in [1.29, 1.82) is 0 Å². The standard InChI is InChI=1S/C55H48N6O5/c62-52(49-31-18-36-59(49)54(65)66-39-42-21-8-2-9-22-42)60(50(53(63)64)37-40-19-6-1-7-20-40)38-41-32-34-43(35-33-41)47-29-16-17-30-48(47)51-56-57-58-61(51)55(44-23-10-3-11-24-44,45-25-12-4-13-26-45)46-27-14-5-15-28-46/h1-17,19-30,32-35,49-50H,18,31,36-39H2,(H,63,64)/t49-,50-/m0/s1. The van der Waals surface area contributed by atoms with Crippen molar-refractivity contribution in [3.8, 4) is 22.5 Å². The van der Waals surface area contributed by atoms with Crippen LogP contribution < -0.4 is 0 Å². The van der Waals surface area contributed by atoms with Crippen LogP contribution in [0.1, 0.15) is 46.2 Å². The third-order valence-corrected chi connectivity index (χ3v) is 12.3. The summed E-state index contributed by atoms with van der Waals surface area (Å²) in [6.07, 6.45) is 0.459. The Bertz CT molecular complexity index is 2780. The SMILES string of the molecule is O=C(O)[C@H](Cc1ccccc1)N(Cc1ccc(-c2ccccc2-c2nnnn2C(c2ccccc2)(c2ccccc2)c2ccccc2)cc1)C(=O)[C@@H]1CCCN1C(=O)OCc1ccccc1. The summed E-state index contributed by atoms with van der Waals surface area (Å²) >= 11 is 0. The summed E-state index contributed by atoms with van der Waals surface area (Å²) < 4.78 is 7.57. The van der Waals surface area contributed by atoms with Gasteiger partial charge in [-0.15, -0.1) is 5.10 Å². The van der Waals surface area contributed by atoms with Crippen LogP contribution in [0.5, 0.6) is 0 Å². The van der Waals surface area contributed by atoms with Gasteiger partial charge in [0.15, 0.2) is 5.82 Å². The Balaban J connectivity index is 1.06. The second-order valence-corrected chi connectivity index (χ2v) is 16.4. The zero-order valence-corrected chi connectivity index (χ0v) is 36.2. The Morgan fingerprint density at radius 2 is 1.15 bits per heavy atom. The number of ether oxygens (including phenoxy) is 1. The van der Waals surface area contributed by atoms with E-state index >= 15 is 0 Å². The van der Waals surface area contributed by atoms with Crippen molar-refractivity contribution in [2.75, 3.05) is 6.54 Å². The second-order valence-electron chi connectivity index (χ2n) is 16.4. The lowest BCUT2D eigenvalue weighted by Gasteiger charge is -2.36. The van der Waals surface area contributed by atoms with E-state index in [1.54, 1.807) is 0 Å². The van der Waals surface area contributed by atoms with Crippen molar-refractivity contribution in [3.63, 3.8) is 0 Å². The number of hydrogen-bond donors (Lipinski definition) is 1. The van der Waals surface area contributed by atoms with Crippen LogP contribution in [-0.2, 0) is 39.4 Å². The minimum Gasteiger partial charge on any atom is -0.480 e. The highest BCUT2D eigenvalue weighted by Crippen LogP contribution is 2.43. The number of benzene rings is 7. The highest BCUT2D eigenvalue weighted by Gasteiger charge is 2.43. The van der Waals surface area contributed by atoms with E-state index in [2.05, 4.69) is 41.6 Å². The van der Waals surface area contributed by atoms with E-state index in [-0.39, 0.29) is 19.6 Å². The smallest absolute Gasteiger partial charge is 0.410 e. The van der Waals surface area contributed by atoms with Crippen molar-refractivity contribution < 1.29 is 24.2 Å². The van der Waals surface area contributed by atoms with Crippen LogP contribution in [0.2, 0.25) is 0 Å². The summed E-state index contributed by atoms with van der Waals surface area (Å²) in [6.45, 7) is 0.389. The van der Waals surface area contributed by atoms with Crippen LogP contribution in [0.3, 0.4) is 0 Å². The molecule has 8 aromatic rings. The first-order chi connectivity index (χ1) is 32.4. The predicted octanol–water partition coefficient (Wildman–Crippen LogP) is 9.67. The monoisotopic (exact) mass is 872 g/mol. The zero-order valence-electron chi connectivity index (χ0n) is 36.2. The first kappa shape index (κ1) is 43.1. The first-order valence-electron chi connectivity index (χ1n) is 22.1. The molecule has 9 rings (SSSR count). The van der Waals surface area contributed by atoms with Crippen LogP contribution in [0, 0.1) is 0 Å². The number of aliphatic carboxylic acids is 1. The number of hydrogen-bond acceptors (Lipinski definition) is 7. The lowest BCUT2D eigenvalue weighted by atomic mass is 9.77. The van der Waals surface area contributed by atoms with Gasteiger partial charge in [0.05, 0.1) is 0 Å². The van der Waals surface area contributed by atoms with E-state index in [9.17, 15) is 19.5 Å². The average molecular weight is 873 g/mol. The molecule has 0 radical (unpaired) electrons. The normalized spacial score (nSPS) is 14.1. The molecule has 2 heterocycles. The van der Waals surface area contributed by atoms with Gasteiger partial charge in [-0.3, -0.25) is 9.69 Å². The molecule has 11 heteroatoms. The third kappa shape index (κ3) is 8.83. The van der Waals surface area contributed by atoms with Crippen LogP contribution >= 0.6 is 0 Å². The van der Waals surface area contributed by atoms with Crippen LogP contribution in [0.4, 0.5) is 4.79 Å². The molecule has 1 aromatic heterocycles. The zero-order chi connectivity index (χ0) is 45.3. The van der Waals surface area contributed by atoms with Gasteiger partial charge in [-0.25, -0.2) is 14.3 Å². The lowest BCUT2D eigenvalue weighted by molar-refractivity contribution is -0.152. The molecule has 2 atom stereocenters. The third-order valence-electron chi connectivity index (χ3n) is 12.3. The fourth-order valence-electron chi connectivity index (χ4n) is 9.15. The average Bonchev–Trinajstić information content (AvgIpc) is 4.08. The van der Waals surface area contributed by atoms with E-state index < -0.39 is 35.6 Å². The van der Waals surface area contributed by atoms with Crippen LogP contribution in [0.25, 0.3) is 22.5 Å². The quantitative estimate of drug-likeness (QED) is 0.101. The maximum atomic E-state index is 14.8. The van der Waals surface area contributed by atoms with Gasteiger partial charge in [-0.05, 0) is 67.8 Å². The summed E-state index contributed by atoms with van der Waals surface area (Å²) in [7, 11) is 0. The van der Waals surface area contributed by atoms with E-state index in [1.807, 2.05) is 168 Å². The first-order valence-corrected chi connectivity index (χ1v) is 22.1. The van der Waals surface area contributed by atoms with Gasteiger partial charge in [0.2, 0.25) is 5.91 Å². The molecule has 0 spiro atoms. The Morgan fingerprint density at radius 1 is 0.636 bits per heavy atom. The fourth-order valence-corrected chi connectivity index (χ4v) is 9.15. The summed E-state index contributed by atoms with van der Waals surface area (Å²) in [5.41, 5.74) is 6.85. The number of likely N-dealkylation sites (tertiary alicyclic amines) is 1. The molecule has 2 amide bonds. The van der Waals surface area contributed by atoms with Gasteiger partial charge in [-0.1, -0.05) is 200 Å². The second kappa shape index (κ2) is 19.7. The van der Waals surface area contributed by atoms with Crippen LogP contribution in [-0.4, -0.2) is 71.7 Å². The van der Waals surface area contributed by atoms with E-state index in [0.717, 1.165) is 50.1 Å². The molecule has 1 aliphatic rings. The van der Waals surface area contributed by atoms with Gasteiger partial charge in [0, 0.05) is 25.1 Å². The number of aromatic nitrogens is 4. The molecule has 328 valence electrons. The summed E-state index contributed by atoms with van der Waals surface area (Å²) in [4.78, 5) is 44.3. The molecule has 1 N–H and O–H groups in total. The molecule has 0 aliphatic carbocycles. The number of tetrazole rings is 1. The predicted molar refractivity (Wildman–Crippen MR) is 252 cm³/mol. The van der Waals surface area contributed by atoms with Gasteiger partial charge in [0.25, 0.3) is 0 Å². The number of carboxylic acid groups (broad SMARTS) is 1. The molecule has 0 saturated carbocycles. The topological polar surface area (TPSA) is 131 Å². The van der Waals surface area contributed by atoms with Crippen molar-refractivity contribution in [2.24, 2.45) is 0 Å². The highest BCUT2D eigenvalue weighted by atomic mass is 16.6. The number of carbonyl (C=O) groups is 3. The van der Waals surface area contributed by atoms with Crippen LogP contribution in [0.15, 0.2) is 200 Å². The summed E-state index contributed by atoms with van der Waals surface area (Å²) in [5, 5.41) is 24.5. The fraction of sp³-hybridized carbons (Fsp3) is 0.164. The number of rotatable bonds is 15. The molecule has 0 unspecified atom stereocenters. The maximum Gasteiger partial charge on any atom is 0.410 e. The Hall–Kier alpha value is -8.18. The summed E-state index contributed by atoms with van der Waals surface area (Å²) in [5.74, 6) is -1.02. The largest absolute Gasteiger partial charge is 0.480 e. The van der Waals surface area contributed by atoms with Crippen molar-refractivity contribution in [2.45, 2.75) is 50.0 Å². The Labute approximate surface area is 383 Å². The molecule has 0 bridgehead atoms. The molecular formula is C55H48N6O5. The number of amides is 2. The minimum atomic E-state index is -1.21. The van der Waals surface area contributed by atoms with E-state index in [1.165, 1.54) is 9.80 Å². The highest BCUT2D eigenvalue weighted by molar-refractivity contribution is 5.90. The van der Waals surface area contributed by atoms with Gasteiger partial charge < -0.3 is 14.7 Å². The molecule has 7 aromatic carbocycles. The number of carboxylic acids is 1. The molecule has 11 nitrogen and oxygen atoms in total. The van der Waals surface area contributed by atoms with Gasteiger partial charge >= 0.3 is 12.1 Å². The summed E-state index contributed by atoms with van der Waals surface area (Å²) in [6, 6.07) is 63.0. The Kier molecular flexibility index (Phi) is 12.9. The van der Waals surface area contributed by atoms with E-state index in [0.29, 0.717) is 25.2 Å². The molecular weight excluding hydrogens is 825 g/mol. The van der Waals surface area contributed by atoms with Gasteiger partial charge in [-0.2, -0.15) is 0 Å². The molecule has 66 heavy (non-hydrogen) atoms. The van der Waals surface area contributed by atoms with E-state index in [4.69, 9.17) is 15.0 Å². The molecule has 1 aliphatic heterocycles. The number of nitrogens with zero attached hydrogens (tertiary/aromatic N) is 6. The van der Waals surface area contributed by atoms with Crippen molar-refractivity contribution >= 4 is 18.0 Å². The van der Waals surface area contributed by atoms with Crippen molar-refractivity contribution in [1.82, 2.24) is 30.0 Å². The minimum absolute atomic E-state index is 0.0000432. The van der Waals surface area contributed by atoms with Crippen molar-refractivity contribution in [3.05, 3.63) is 234 Å². The van der Waals surface area contributed by atoms with Gasteiger partial charge in [0.1, 0.15) is 24.2 Å². The Morgan fingerprint density at radius 3 is 1.71 bits per heavy atom. The molecule has 1 saturated heterocycles. The number of carbonyl (C=O) groups excluding carboxylic acids is 2. The molecule has 1 fully saturated rings. The maximum absolute atomic E-state index is 14.8.